The maximum absolute atomic E-state index is 12.0. The zero-order valence-corrected chi connectivity index (χ0v) is 12.0. The number of nitrogens with zero attached hydrogens (tertiary/aromatic N) is 1. The van der Waals surface area contributed by atoms with Crippen LogP contribution in [0.1, 0.15) is 32.6 Å². The average Bonchev–Trinajstić information content (AvgIpc) is 2.33. The number of aromatic nitrogens is 1. The highest BCUT2D eigenvalue weighted by Gasteiger charge is 2.19. The Kier molecular flexibility index (Phi) is 4.76. The van der Waals surface area contributed by atoms with Crippen molar-refractivity contribution in [1.82, 2.24) is 9.71 Å². The normalized spacial score (nSPS) is 16.1. The van der Waals surface area contributed by atoms with Gasteiger partial charge in [-0.15, -0.1) is 0 Å². The Balaban J connectivity index is 1.90. The third-order valence-electron chi connectivity index (χ3n) is 3.47. The molecule has 6 heteroatoms. The molecule has 0 saturated heterocycles. The van der Waals surface area contributed by atoms with Crippen molar-refractivity contribution in [2.24, 2.45) is 5.92 Å². The van der Waals surface area contributed by atoms with Crippen molar-refractivity contribution in [3.05, 3.63) is 18.3 Å². The van der Waals surface area contributed by atoms with Gasteiger partial charge in [-0.1, -0.05) is 19.3 Å². The van der Waals surface area contributed by atoms with Crippen LogP contribution in [0.2, 0.25) is 0 Å². The Hall–Kier alpha value is -1.14. The summed E-state index contributed by atoms with van der Waals surface area (Å²) in [6.45, 7) is 3.25. The van der Waals surface area contributed by atoms with Crippen molar-refractivity contribution in [3.8, 4) is 0 Å². The Morgan fingerprint density at radius 1 is 1.37 bits per heavy atom. The summed E-state index contributed by atoms with van der Waals surface area (Å²) in [5.41, 5.74) is 0. The molecule has 5 nitrogen and oxygen atoms in total. The summed E-state index contributed by atoms with van der Waals surface area (Å²) in [6, 6.07) is 3.26. The maximum atomic E-state index is 12.0. The van der Waals surface area contributed by atoms with E-state index in [2.05, 4.69) is 15.0 Å². The van der Waals surface area contributed by atoms with Gasteiger partial charge in [0.2, 0.25) is 10.0 Å². The van der Waals surface area contributed by atoms with Gasteiger partial charge in [-0.2, -0.15) is 0 Å². The summed E-state index contributed by atoms with van der Waals surface area (Å²) in [5.74, 6) is 1.40. The highest BCUT2D eigenvalue weighted by Crippen LogP contribution is 2.28. The van der Waals surface area contributed by atoms with E-state index in [4.69, 9.17) is 0 Å². The second-order valence-electron chi connectivity index (χ2n) is 4.89. The maximum Gasteiger partial charge on any atom is 0.242 e. The molecule has 0 bridgehead atoms. The van der Waals surface area contributed by atoms with E-state index in [1.807, 2.05) is 6.92 Å². The predicted octanol–water partition coefficient (Wildman–Crippen LogP) is 1.98. The molecule has 1 aliphatic carbocycles. The van der Waals surface area contributed by atoms with Crippen LogP contribution in [0.3, 0.4) is 0 Å². The van der Waals surface area contributed by atoms with Gasteiger partial charge in [0.1, 0.15) is 10.7 Å². The molecule has 0 atom stereocenters. The third kappa shape index (κ3) is 3.91. The first-order valence-corrected chi connectivity index (χ1v) is 8.29. The molecular formula is C13H21N3O2S. The van der Waals surface area contributed by atoms with Crippen LogP contribution in [0.4, 0.5) is 5.82 Å². The smallest absolute Gasteiger partial charge is 0.242 e. The van der Waals surface area contributed by atoms with Gasteiger partial charge in [0.05, 0.1) is 0 Å². The zero-order chi connectivity index (χ0) is 13.7. The topological polar surface area (TPSA) is 71.1 Å². The van der Waals surface area contributed by atoms with Gasteiger partial charge in [-0.25, -0.2) is 18.1 Å². The fourth-order valence-electron chi connectivity index (χ4n) is 2.09. The molecule has 106 valence electrons. The van der Waals surface area contributed by atoms with Gasteiger partial charge in [-0.3, -0.25) is 0 Å². The lowest BCUT2D eigenvalue weighted by Crippen LogP contribution is -2.27. The molecule has 0 unspecified atom stereocenters. The van der Waals surface area contributed by atoms with Gasteiger partial charge in [0, 0.05) is 19.3 Å². The quantitative estimate of drug-likeness (QED) is 0.802. The first kappa shape index (κ1) is 14.3. The Bertz CT molecular complexity index is 495. The minimum atomic E-state index is -3.41. The van der Waals surface area contributed by atoms with Gasteiger partial charge >= 0.3 is 0 Å². The van der Waals surface area contributed by atoms with Crippen molar-refractivity contribution in [3.63, 3.8) is 0 Å². The van der Waals surface area contributed by atoms with E-state index < -0.39 is 10.0 Å². The monoisotopic (exact) mass is 283 g/mol. The van der Waals surface area contributed by atoms with Crippen LogP contribution in [0.5, 0.6) is 0 Å². The van der Waals surface area contributed by atoms with E-state index in [1.54, 1.807) is 12.1 Å². The van der Waals surface area contributed by atoms with Gasteiger partial charge < -0.3 is 5.32 Å². The first-order valence-electron chi connectivity index (χ1n) is 6.81. The molecule has 0 amide bonds. The van der Waals surface area contributed by atoms with Gasteiger partial charge in [-0.05, 0) is 31.4 Å². The molecule has 1 aromatic rings. The average molecular weight is 283 g/mol. The van der Waals surface area contributed by atoms with E-state index in [9.17, 15) is 8.42 Å². The molecule has 2 rings (SSSR count). The van der Waals surface area contributed by atoms with Crippen molar-refractivity contribution >= 4 is 15.8 Å². The minimum absolute atomic E-state index is 0.225. The molecule has 0 spiro atoms. The lowest BCUT2D eigenvalue weighted by molar-refractivity contribution is 0.297. The van der Waals surface area contributed by atoms with Crippen LogP contribution in [-0.4, -0.2) is 26.5 Å². The summed E-state index contributed by atoms with van der Waals surface area (Å²) in [4.78, 5) is 4.30. The van der Waals surface area contributed by atoms with Crippen LogP contribution >= 0.6 is 0 Å². The summed E-state index contributed by atoms with van der Waals surface area (Å²) >= 11 is 0. The number of hydrogen-bond donors (Lipinski definition) is 2. The number of rotatable bonds is 7. The van der Waals surface area contributed by atoms with Crippen LogP contribution in [0.25, 0.3) is 0 Å². The number of sulfonamides is 1. The van der Waals surface area contributed by atoms with Crippen LogP contribution < -0.4 is 10.0 Å². The predicted molar refractivity (Wildman–Crippen MR) is 75.5 cm³/mol. The summed E-state index contributed by atoms with van der Waals surface area (Å²) in [6.07, 6.45) is 6.08. The molecule has 2 N–H and O–H groups in total. The standard InChI is InChI=1S/C13H21N3O2S/c1-2-14-13-7-6-12(10-15-13)19(17,18)16-9-8-11-4-3-5-11/h6-7,10-11,16H,2-5,8-9H2,1H3,(H,14,15). The molecule has 0 aliphatic heterocycles. The van der Waals surface area contributed by atoms with Gasteiger partial charge in [0.15, 0.2) is 0 Å². The molecular weight excluding hydrogens is 262 g/mol. The number of nitrogens with one attached hydrogen (secondary N) is 2. The number of anilines is 1. The second-order valence-corrected chi connectivity index (χ2v) is 6.66. The fraction of sp³-hybridized carbons (Fsp3) is 0.615. The first-order chi connectivity index (χ1) is 9.12. The third-order valence-corrected chi connectivity index (χ3v) is 4.92. The highest BCUT2D eigenvalue weighted by molar-refractivity contribution is 7.89. The van der Waals surface area contributed by atoms with Crippen molar-refractivity contribution in [2.75, 3.05) is 18.4 Å². The number of pyridine rings is 1. The molecule has 1 aromatic heterocycles. The summed E-state index contributed by atoms with van der Waals surface area (Å²) < 4.78 is 26.7. The Morgan fingerprint density at radius 3 is 2.68 bits per heavy atom. The molecule has 1 aliphatic rings. The van der Waals surface area contributed by atoms with E-state index in [0.717, 1.165) is 13.0 Å². The summed E-state index contributed by atoms with van der Waals surface area (Å²) in [7, 11) is -3.41. The Morgan fingerprint density at radius 2 is 2.16 bits per heavy atom. The van der Waals surface area contributed by atoms with E-state index in [0.29, 0.717) is 18.3 Å². The largest absolute Gasteiger partial charge is 0.370 e. The second kappa shape index (κ2) is 6.34. The van der Waals surface area contributed by atoms with Gasteiger partial charge in [0.25, 0.3) is 0 Å². The lowest BCUT2D eigenvalue weighted by atomic mass is 9.83. The van der Waals surface area contributed by atoms with Crippen molar-refractivity contribution < 1.29 is 8.42 Å². The Labute approximate surface area is 114 Å². The number of hydrogen-bond acceptors (Lipinski definition) is 4. The molecule has 1 fully saturated rings. The highest BCUT2D eigenvalue weighted by atomic mass is 32.2. The van der Waals surface area contributed by atoms with E-state index >= 15 is 0 Å². The van der Waals surface area contributed by atoms with Crippen LogP contribution in [0, 0.1) is 5.92 Å². The molecule has 1 heterocycles. The van der Waals surface area contributed by atoms with Crippen molar-refractivity contribution in [2.45, 2.75) is 37.5 Å². The minimum Gasteiger partial charge on any atom is -0.370 e. The van der Waals surface area contributed by atoms with E-state index in [-0.39, 0.29) is 4.90 Å². The SMILES string of the molecule is CCNc1ccc(S(=O)(=O)NCCC2CCC2)cn1. The van der Waals surface area contributed by atoms with E-state index in [1.165, 1.54) is 25.5 Å². The molecule has 19 heavy (non-hydrogen) atoms. The lowest BCUT2D eigenvalue weighted by Gasteiger charge is -2.25. The molecule has 0 aromatic carbocycles. The summed E-state index contributed by atoms with van der Waals surface area (Å²) in [5, 5.41) is 3.03. The molecule has 1 saturated carbocycles. The fourth-order valence-corrected chi connectivity index (χ4v) is 3.08. The molecule has 0 radical (unpaired) electrons. The van der Waals surface area contributed by atoms with Crippen molar-refractivity contribution in [1.29, 1.82) is 0 Å². The zero-order valence-electron chi connectivity index (χ0n) is 11.2. The van der Waals surface area contributed by atoms with Crippen LogP contribution in [-0.2, 0) is 10.0 Å². The van der Waals surface area contributed by atoms with Crippen LogP contribution in [0.15, 0.2) is 23.2 Å².